The number of methoxy groups -OCH3 is 2. The number of ether oxygens (including phenoxy) is 2. The minimum atomic E-state index is 0.136. The molecule has 6 heteroatoms. The number of aromatic nitrogens is 2. The molecule has 4 rings (SSSR count). The average Bonchev–Trinajstić information content (AvgIpc) is 3.39. The molecular formula is C20H25N3O3. The summed E-state index contributed by atoms with van der Waals surface area (Å²) in [6.07, 6.45) is 6.46. The molecule has 1 aromatic heterocycles. The van der Waals surface area contributed by atoms with E-state index in [0.29, 0.717) is 24.0 Å². The molecule has 2 aliphatic rings. The molecule has 138 valence electrons. The van der Waals surface area contributed by atoms with Crippen LogP contribution in [0.2, 0.25) is 0 Å². The molecule has 6 nitrogen and oxygen atoms in total. The van der Waals surface area contributed by atoms with Crippen molar-refractivity contribution in [1.29, 1.82) is 0 Å². The van der Waals surface area contributed by atoms with Gasteiger partial charge in [0.1, 0.15) is 5.82 Å². The zero-order chi connectivity index (χ0) is 18.1. The van der Waals surface area contributed by atoms with Crippen molar-refractivity contribution >= 4 is 11.7 Å². The smallest absolute Gasteiger partial charge is 0.228 e. The van der Waals surface area contributed by atoms with E-state index in [0.717, 1.165) is 23.7 Å². The summed E-state index contributed by atoms with van der Waals surface area (Å²) in [6, 6.07) is 7.61. The second kappa shape index (κ2) is 7.02. The number of carbonyl (C=O) groups excluding carboxylic acids is 1. The van der Waals surface area contributed by atoms with Crippen LogP contribution in [0, 0.1) is 17.8 Å². The van der Waals surface area contributed by atoms with Gasteiger partial charge in [-0.25, -0.2) is 4.68 Å². The van der Waals surface area contributed by atoms with E-state index < -0.39 is 0 Å². The highest BCUT2D eigenvalue weighted by Crippen LogP contribution is 2.48. The Labute approximate surface area is 153 Å². The number of amides is 1. The topological polar surface area (TPSA) is 65.4 Å². The zero-order valence-corrected chi connectivity index (χ0v) is 15.3. The SMILES string of the molecule is COc1cccc(Cn2nccc2NC(=O)C2CC3CCC2C3)c1OC. The van der Waals surface area contributed by atoms with Crippen molar-refractivity contribution in [3.05, 3.63) is 36.0 Å². The van der Waals surface area contributed by atoms with Crippen LogP contribution >= 0.6 is 0 Å². The van der Waals surface area contributed by atoms with Gasteiger partial charge in [-0.05, 0) is 37.2 Å². The third-order valence-corrected chi connectivity index (χ3v) is 5.85. The fourth-order valence-corrected chi connectivity index (χ4v) is 4.59. The maximum Gasteiger partial charge on any atom is 0.228 e. The molecule has 2 aliphatic carbocycles. The molecule has 0 spiro atoms. The van der Waals surface area contributed by atoms with Crippen LogP contribution in [0.15, 0.2) is 30.5 Å². The third kappa shape index (κ3) is 3.04. The Balaban J connectivity index is 1.50. The van der Waals surface area contributed by atoms with Crippen molar-refractivity contribution in [2.45, 2.75) is 32.2 Å². The Morgan fingerprint density at radius 1 is 1.23 bits per heavy atom. The first-order chi connectivity index (χ1) is 12.7. The highest BCUT2D eigenvalue weighted by Gasteiger charge is 2.43. The average molecular weight is 355 g/mol. The number of nitrogens with zero attached hydrogens (tertiary/aromatic N) is 2. The Kier molecular flexibility index (Phi) is 4.57. The molecule has 1 N–H and O–H groups in total. The number of hydrogen-bond donors (Lipinski definition) is 1. The van der Waals surface area contributed by atoms with E-state index in [-0.39, 0.29) is 11.8 Å². The van der Waals surface area contributed by atoms with Crippen molar-refractivity contribution < 1.29 is 14.3 Å². The number of nitrogens with one attached hydrogen (secondary N) is 1. The summed E-state index contributed by atoms with van der Waals surface area (Å²) in [6.45, 7) is 0.500. The van der Waals surface area contributed by atoms with E-state index in [1.54, 1.807) is 25.1 Å². The second-order valence-electron chi connectivity index (χ2n) is 7.30. The number of para-hydroxylation sites is 1. The summed E-state index contributed by atoms with van der Waals surface area (Å²) in [4.78, 5) is 12.7. The molecule has 2 bridgehead atoms. The van der Waals surface area contributed by atoms with Gasteiger partial charge < -0.3 is 14.8 Å². The summed E-state index contributed by atoms with van der Waals surface area (Å²) in [7, 11) is 3.25. The van der Waals surface area contributed by atoms with Gasteiger partial charge in [-0.3, -0.25) is 4.79 Å². The van der Waals surface area contributed by atoms with Crippen molar-refractivity contribution in [3.8, 4) is 11.5 Å². The van der Waals surface area contributed by atoms with E-state index in [4.69, 9.17) is 9.47 Å². The highest BCUT2D eigenvalue weighted by atomic mass is 16.5. The quantitative estimate of drug-likeness (QED) is 0.863. The maximum absolute atomic E-state index is 12.7. The first-order valence-electron chi connectivity index (χ1n) is 9.22. The van der Waals surface area contributed by atoms with Gasteiger partial charge in [-0.2, -0.15) is 5.10 Å². The first-order valence-corrected chi connectivity index (χ1v) is 9.22. The van der Waals surface area contributed by atoms with Crippen LogP contribution in [-0.4, -0.2) is 29.9 Å². The Morgan fingerprint density at radius 3 is 2.81 bits per heavy atom. The van der Waals surface area contributed by atoms with Crippen molar-refractivity contribution in [3.63, 3.8) is 0 Å². The summed E-state index contributed by atoms with van der Waals surface area (Å²) < 4.78 is 12.7. The molecule has 2 fully saturated rings. The van der Waals surface area contributed by atoms with Crippen LogP contribution in [0.3, 0.4) is 0 Å². The number of benzene rings is 1. The number of fused-ring (bicyclic) bond motifs is 2. The number of hydrogen-bond acceptors (Lipinski definition) is 4. The lowest BCUT2D eigenvalue weighted by molar-refractivity contribution is -0.121. The molecule has 3 atom stereocenters. The Bertz CT molecular complexity index is 801. The molecule has 2 saturated carbocycles. The van der Waals surface area contributed by atoms with Crippen molar-refractivity contribution in [2.75, 3.05) is 19.5 Å². The minimum Gasteiger partial charge on any atom is -0.493 e. The molecule has 0 saturated heterocycles. The van der Waals surface area contributed by atoms with Gasteiger partial charge in [-0.15, -0.1) is 0 Å². The summed E-state index contributed by atoms with van der Waals surface area (Å²) in [5.74, 6) is 3.71. The molecule has 1 amide bonds. The molecule has 2 aromatic rings. The Hall–Kier alpha value is -2.50. The molecule has 0 radical (unpaired) electrons. The summed E-state index contributed by atoms with van der Waals surface area (Å²) >= 11 is 0. The summed E-state index contributed by atoms with van der Waals surface area (Å²) in [5, 5.41) is 7.47. The highest BCUT2D eigenvalue weighted by molar-refractivity contribution is 5.92. The minimum absolute atomic E-state index is 0.136. The fourth-order valence-electron chi connectivity index (χ4n) is 4.59. The third-order valence-electron chi connectivity index (χ3n) is 5.85. The van der Waals surface area contributed by atoms with Crippen molar-refractivity contribution in [1.82, 2.24) is 9.78 Å². The number of carbonyl (C=O) groups is 1. The van der Waals surface area contributed by atoms with Crippen LogP contribution in [0.25, 0.3) is 0 Å². The van der Waals surface area contributed by atoms with Crippen LogP contribution in [0.1, 0.15) is 31.2 Å². The van der Waals surface area contributed by atoms with E-state index >= 15 is 0 Å². The van der Waals surface area contributed by atoms with Crippen LogP contribution in [0.5, 0.6) is 11.5 Å². The fraction of sp³-hybridized carbons (Fsp3) is 0.500. The monoisotopic (exact) mass is 355 g/mol. The van der Waals surface area contributed by atoms with Gasteiger partial charge in [0.05, 0.1) is 27.0 Å². The molecule has 0 aliphatic heterocycles. The lowest BCUT2D eigenvalue weighted by Gasteiger charge is -2.21. The van der Waals surface area contributed by atoms with Gasteiger partial charge in [-0.1, -0.05) is 18.6 Å². The molecule has 26 heavy (non-hydrogen) atoms. The normalized spacial score (nSPS) is 23.8. The van der Waals surface area contributed by atoms with E-state index in [2.05, 4.69) is 10.4 Å². The van der Waals surface area contributed by atoms with Gasteiger partial charge in [0.25, 0.3) is 0 Å². The van der Waals surface area contributed by atoms with E-state index in [9.17, 15) is 4.79 Å². The Morgan fingerprint density at radius 2 is 2.12 bits per heavy atom. The van der Waals surface area contributed by atoms with Crippen molar-refractivity contribution in [2.24, 2.45) is 17.8 Å². The van der Waals surface area contributed by atoms with Gasteiger partial charge >= 0.3 is 0 Å². The predicted molar refractivity (Wildman–Crippen MR) is 98.4 cm³/mol. The number of anilines is 1. The first kappa shape index (κ1) is 16.9. The predicted octanol–water partition coefficient (Wildman–Crippen LogP) is 3.32. The standard InChI is InChI=1S/C20H25N3O3/c1-25-17-5-3-4-15(19(17)26-2)12-23-18(8-9-21-23)22-20(24)16-11-13-6-7-14(16)10-13/h3-5,8-9,13-14,16H,6-7,10-12H2,1-2H3,(H,22,24). The maximum atomic E-state index is 12.7. The van der Waals surface area contributed by atoms with Crippen LogP contribution < -0.4 is 14.8 Å². The van der Waals surface area contributed by atoms with E-state index in [1.807, 2.05) is 24.3 Å². The second-order valence-corrected chi connectivity index (χ2v) is 7.30. The lowest BCUT2D eigenvalue weighted by Crippen LogP contribution is -2.28. The molecular weight excluding hydrogens is 330 g/mol. The molecule has 3 unspecified atom stereocenters. The van der Waals surface area contributed by atoms with Crippen LogP contribution in [0.4, 0.5) is 5.82 Å². The lowest BCUT2D eigenvalue weighted by atomic mass is 9.88. The van der Waals surface area contributed by atoms with Crippen LogP contribution in [-0.2, 0) is 11.3 Å². The number of rotatable bonds is 6. The largest absolute Gasteiger partial charge is 0.493 e. The van der Waals surface area contributed by atoms with Gasteiger partial charge in [0.2, 0.25) is 5.91 Å². The van der Waals surface area contributed by atoms with Gasteiger partial charge in [0.15, 0.2) is 11.5 Å². The molecule has 1 heterocycles. The molecule has 1 aromatic carbocycles. The summed E-state index contributed by atoms with van der Waals surface area (Å²) in [5.41, 5.74) is 0.950. The zero-order valence-electron chi connectivity index (χ0n) is 15.3. The van der Waals surface area contributed by atoms with Gasteiger partial charge in [0, 0.05) is 17.5 Å². The van der Waals surface area contributed by atoms with E-state index in [1.165, 1.54) is 19.3 Å².